The molecule has 0 aliphatic rings. The predicted octanol–water partition coefficient (Wildman–Crippen LogP) is -1.70. The number of carboxylic acid groups (broad SMARTS) is 1. The van der Waals surface area contributed by atoms with Crippen LogP contribution in [0.2, 0.25) is 0 Å². The van der Waals surface area contributed by atoms with Gasteiger partial charge in [0.25, 0.3) is 5.91 Å². The first kappa shape index (κ1) is 13.7. The highest BCUT2D eigenvalue weighted by Gasteiger charge is 2.16. The number of nitrogens with two attached hydrogens (primary N) is 1. The predicted molar refractivity (Wildman–Crippen MR) is 61.8 cm³/mol. The first-order chi connectivity index (χ1) is 6.97. The van der Waals surface area contributed by atoms with Crippen LogP contribution in [-0.4, -0.2) is 40.1 Å². The standard InChI is InChI=1S/C6H10N4O3S2/c7-6(15)10-8-1-4(11)9-3(2-14)5(12)13/h1,3,14H,2H2,(H,9,11)(H,12,13)(H3,7,10,15)/t3-/m0/s1. The SMILES string of the molecule is NC(=S)NN=CC(=O)N[C@@H](CS)C(=O)O. The van der Waals surface area contributed by atoms with Crippen LogP contribution in [0.5, 0.6) is 0 Å². The number of carbonyl (C=O) groups excluding carboxylic acids is 1. The maximum Gasteiger partial charge on any atom is 0.327 e. The summed E-state index contributed by atoms with van der Waals surface area (Å²) in [6, 6.07) is -1.06. The third-order valence-corrected chi connectivity index (χ3v) is 1.61. The molecule has 9 heteroatoms. The number of amides is 1. The average molecular weight is 250 g/mol. The van der Waals surface area contributed by atoms with Gasteiger partial charge in [0.2, 0.25) is 0 Å². The van der Waals surface area contributed by atoms with Crippen LogP contribution in [0.3, 0.4) is 0 Å². The molecule has 1 atom stereocenters. The van der Waals surface area contributed by atoms with E-state index in [0.717, 1.165) is 6.21 Å². The first-order valence-electron chi connectivity index (χ1n) is 3.70. The van der Waals surface area contributed by atoms with E-state index >= 15 is 0 Å². The van der Waals surface area contributed by atoms with Crippen molar-refractivity contribution in [2.24, 2.45) is 10.8 Å². The van der Waals surface area contributed by atoms with E-state index in [9.17, 15) is 9.59 Å². The Balaban J connectivity index is 4.07. The molecule has 0 aromatic rings. The van der Waals surface area contributed by atoms with Gasteiger partial charge in [-0.3, -0.25) is 10.2 Å². The van der Waals surface area contributed by atoms with Crippen LogP contribution in [-0.2, 0) is 9.59 Å². The van der Waals surface area contributed by atoms with Gasteiger partial charge in [-0.1, -0.05) is 0 Å². The van der Waals surface area contributed by atoms with Crippen molar-refractivity contribution in [3.05, 3.63) is 0 Å². The van der Waals surface area contributed by atoms with E-state index in [1.807, 2.05) is 0 Å². The number of carboxylic acids is 1. The van der Waals surface area contributed by atoms with E-state index in [1.165, 1.54) is 0 Å². The topological polar surface area (TPSA) is 117 Å². The molecule has 5 N–H and O–H groups in total. The Kier molecular flexibility index (Phi) is 6.38. The normalized spacial score (nSPS) is 12.1. The van der Waals surface area contributed by atoms with Gasteiger partial charge in [-0.25, -0.2) is 4.79 Å². The lowest BCUT2D eigenvalue weighted by atomic mass is 10.3. The molecule has 0 aliphatic heterocycles. The summed E-state index contributed by atoms with van der Waals surface area (Å²) < 4.78 is 0. The summed E-state index contributed by atoms with van der Waals surface area (Å²) >= 11 is 8.17. The van der Waals surface area contributed by atoms with Crippen molar-refractivity contribution < 1.29 is 14.7 Å². The Morgan fingerprint density at radius 1 is 1.67 bits per heavy atom. The Labute approximate surface area is 96.5 Å². The quantitative estimate of drug-likeness (QED) is 0.172. The maximum absolute atomic E-state index is 11.0. The van der Waals surface area contributed by atoms with Gasteiger partial charge in [0, 0.05) is 5.75 Å². The number of thiocarbonyl (C=S) groups is 1. The molecule has 0 aliphatic carbocycles. The molecule has 0 fully saturated rings. The zero-order chi connectivity index (χ0) is 11.8. The highest BCUT2D eigenvalue weighted by Crippen LogP contribution is 1.87. The number of carbonyl (C=O) groups is 2. The van der Waals surface area contributed by atoms with Crippen LogP contribution in [0.25, 0.3) is 0 Å². The zero-order valence-electron chi connectivity index (χ0n) is 7.51. The minimum atomic E-state index is -1.17. The molecule has 84 valence electrons. The third kappa shape index (κ3) is 6.69. The Hall–Kier alpha value is -1.35. The van der Waals surface area contributed by atoms with E-state index in [1.54, 1.807) is 0 Å². The van der Waals surface area contributed by atoms with Crippen molar-refractivity contribution in [1.82, 2.24) is 10.7 Å². The summed E-state index contributed by atoms with van der Waals surface area (Å²) in [5.41, 5.74) is 7.17. The number of hydrazone groups is 1. The van der Waals surface area contributed by atoms with Crippen molar-refractivity contribution >= 4 is 48.1 Å². The molecule has 0 radical (unpaired) electrons. The van der Waals surface area contributed by atoms with E-state index in [-0.39, 0.29) is 10.9 Å². The largest absolute Gasteiger partial charge is 0.480 e. The monoisotopic (exact) mass is 250 g/mol. The van der Waals surface area contributed by atoms with Crippen LogP contribution in [0.15, 0.2) is 5.10 Å². The molecule has 0 saturated heterocycles. The minimum absolute atomic E-state index is 0.0162. The summed E-state index contributed by atoms with van der Waals surface area (Å²) in [6.07, 6.45) is 0.832. The number of hydrogen-bond donors (Lipinski definition) is 5. The lowest BCUT2D eigenvalue weighted by Crippen LogP contribution is -2.42. The molecule has 0 bridgehead atoms. The first-order valence-corrected chi connectivity index (χ1v) is 4.74. The van der Waals surface area contributed by atoms with Gasteiger partial charge in [-0.15, -0.1) is 0 Å². The molecule has 0 spiro atoms. The van der Waals surface area contributed by atoms with Crippen molar-refractivity contribution in [3.8, 4) is 0 Å². The number of aliphatic carboxylic acids is 1. The number of nitrogens with zero attached hydrogens (tertiary/aromatic N) is 1. The van der Waals surface area contributed by atoms with E-state index in [0.29, 0.717) is 0 Å². The van der Waals surface area contributed by atoms with Gasteiger partial charge in [-0.05, 0) is 12.2 Å². The Morgan fingerprint density at radius 3 is 2.67 bits per heavy atom. The van der Waals surface area contributed by atoms with Gasteiger partial charge in [0.05, 0.1) is 0 Å². The number of hydrogen-bond acceptors (Lipinski definition) is 5. The van der Waals surface area contributed by atoms with Crippen molar-refractivity contribution in [1.29, 1.82) is 0 Å². The summed E-state index contributed by atoms with van der Waals surface area (Å²) in [7, 11) is 0. The minimum Gasteiger partial charge on any atom is -0.480 e. The lowest BCUT2D eigenvalue weighted by Gasteiger charge is -2.08. The summed E-state index contributed by atoms with van der Waals surface area (Å²) in [5.74, 6) is -1.87. The van der Waals surface area contributed by atoms with E-state index in [2.05, 4.69) is 40.7 Å². The van der Waals surface area contributed by atoms with Crippen molar-refractivity contribution in [3.63, 3.8) is 0 Å². The van der Waals surface area contributed by atoms with Gasteiger partial charge in [0.15, 0.2) is 5.11 Å². The van der Waals surface area contributed by atoms with Gasteiger partial charge in [-0.2, -0.15) is 17.7 Å². The van der Waals surface area contributed by atoms with Gasteiger partial charge >= 0.3 is 5.97 Å². The second kappa shape index (κ2) is 7.01. The fourth-order valence-corrected chi connectivity index (χ4v) is 0.849. The van der Waals surface area contributed by atoms with Crippen molar-refractivity contribution in [2.75, 3.05) is 5.75 Å². The Morgan fingerprint density at radius 2 is 2.27 bits per heavy atom. The summed E-state index contributed by atoms with van der Waals surface area (Å²) in [6.45, 7) is 0. The molecule has 0 unspecified atom stereocenters. The average Bonchev–Trinajstić information content (AvgIpc) is 2.13. The van der Waals surface area contributed by atoms with Crippen LogP contribution in [0.1, 0.15) is 0 Å². The molecule has 0 saturated carbocycles. The van der Waals surface area contributed by atoms with Crippen LogP contribution in [0, 0.1) is 0 Å². The van der Waals surface area contributed by atoms with Gasteiger partial charge < -0.3 is 16.2 Å². The molecular formula is C6H10N4O3S2. The molecular weight excluding hydrogens is 240 g/mol. The molecule has 0 heterocycles. The fourth-order valence-electron chi connectivity index (χ4n) is 0.549. The molecule has 15 heavy (non-hydrogen) atoms. The smallest absolute Gasteiger partial charge is 0.327 e. The fraction of sp³-hybridized carbons (Fsp3) is 0.333. The molecule has 0 rings (SSSR count). The van der Waals surface area contributed by atoms with Gasteiger partial charge in [0.1, 0.15) is 12.3 Å². The second-order valence-corrected chi connectivity index (χ2v) is 3.12. The Bertz CT molecular complexity index is 294. The van der Waals surface area contributed by atoms with Crippen LogP contribution < -0.4 is 16.5 Å². The van der Waals surface area contributed by atoms with Crippen molar-refractivity contribution in [2.45, 2.75) is 6.04 Å². The highest BCUT2D eigenvalue weighted by molar-refractivity contribution is 7.80. The lowest BCUT2D eigenvalue weighted by molar-refractivity contribution is -0.140. The molecule has 7 nitrogen and oxygen atoms in total. The second-order valence-electron chi connectivity index (χ2n) is 2.32. The molecule has 1 amide bonds. The maximum atomic E-state index is 11.0. The summed E-state index contributed by atoms with van der Waals surface area (Å²) in [5, 5.41) is 14.0. The number of thiol groups is 1. The molecule has 0 aromatic carbocycles. The zero-order valence-corrected chi connectivity index (χ0v) is 9.22. The number of rotatable bonds is 5. The summed E-state index contributed by atoms with van der Waals surface area (Å²) in [4.78, 5) is 21.5. The number of nitrogens with one attached hydrogen (secondary N) is 2. The highest BCUT2D eigenvalue weighted by atomic mass is 32.1. The molecule has 0 aromatic heterocycles. The van der Waals surface area contributed by atoms with E-state index in [4.69, 9.17) is 10.8 Å². The third-order valence-electron chi connectivity index (χ3n) is 1.15. The van der Waals surface area contributed by atoms with Crippen LogP contribution in [0.4, 0.5) is 0 Å². The van der Waals surface area contributed by atoms with Crippen LogP contribution >= 0.6 is 24.8 Å². The van der Waals surface area contributed by atoms with E-state index < -0.39 is 17.9 Å².